The van der Waals surface area contributed by atoms with E-state index in [1.165, 1.54) is 4.90 Å². The van der Waals surface area contributed by atoms with Gasteiger partial charge in [-0.2, -0.15) is 5.21 Å². The second-order valence-corrected chi connectivity index (χ2v) is 16.7. The van der Waals surface area contributed by atoms with Gasteiger partial charge < -0.3 is 36.0 Å². The van der Waals surface area contributed by atoms with Gasteiger partial charge in [0.15, 0.2) is 0 Å². The molecule has 5 atom stereocenters. The topological polar surface area (TPSA) is 238 Å². The smallest absolute Gasteiger partial charge is 0.290 e. The number of aliphatic hydroxyl groups excluding tert-OH is 1. The number of H-pyrrole nitrogens is 1. The molecule has 1 aliphatic heterocycles. The molecule has 0 spiro atoms. The van der Waals surface area contributed by atoms with Crippen LogP contribution in [0.3, 0.4) is 0 Å². The Morgan fingerprint density at radius 3 is 2.40 bits per heavy atom. The summed E-state index contributed by atoms with van der Waals surface area (Å²) in [6, 6.07) is 6.04. The van der Waals surface area contributed by atoms with Crippen LogP contribution < -0.4 is 21.3 Å². The van der Waals surface area contributed by atoms with Crippen LogP contribution in [0.4, 0.5) is 0 Å². The summed E-state index contributed by atoms with van der Waals surface area (Å²) < 4.78 is 5.62. The summed E-state index contributed by atoms with van der Waals surface area (Å²) >= 11 is 0. The predicted molar refractivity (Wildman–Crippen MR) is 228 cm³/mol. The first-order valence-electron chi connectivity index (χ1n) is 20.5. The van der Waals surface area contributed by atoms with Crippen molar-refractivity contribution in [2.75, 3.05) is 26.3 Å². The maximum Gasteiger partial charge on any atom is 0.290 e. The molecule has 0 saturated carbocycles. The molecule has 1 saturated heterocycles. The van der Waals surface area contributed by atoms with E-state index in [9.17, 15) is 28.8 Å². The van der Waals surface area contributed by atoms with Crippen molar-refractivity contribution in [2.24, 2.45) is 5.41 Å². The highest BCUT2D eigenvalue weighted by Gasteiger charge is 2.37. The number of tetrazole rings is 1. The third-order valence-corrected chi connectivity index (χ3v) is 9.40. The number of ketones is 1. The summed E-state index contributed by atoms with van der Waals surface area (Å²) in [6.45, 7) is 10.8. The number of aliphatic hydroxyl groups is 1. The number of likely N-dealkylation sites (tertiary alicyclic amines) is 1. The molecule has 328 valence electrons. The van der Waals surface area contributed by atoms with Gasteiger partial charge in [-0.25, -0.2) is 0 Å². The van der Waals surface area contributed by atoms with Crippen LogP contribution in [-0.2, 0) is 33.5 Å². The Morgan fingerprint density at radius 1 is 1.00 bits per heavy atom. The Hall–Kier alpha value is -5.28. The third kappa shape index (κ3) is 17.5. The minimum Gasteiger partial charge on any atom is -0.494 e. The fraction of sp³-hybridized carbons (Fsp3) is 0.548. The fourth-order valence-electron chi connectivity index (χ4n) is 6.09. The number of aromatic amines is 1. The van der Waals surface area contributed by atoms with Crippen LogP contribution >= 0.6 is 9.24 Å². The highest BCUT2D eigenvalue weighted by Crippen LogP contribution is 2.22. The number of piperidine rings is 1. The van der Waals surface area contributed by atoms with E-state index in [1.54, 1.807) is 31.2 Å². The molecule has 1 fully saturated rings. The SMILES string of the molecule is CC(C)(C)C.CCCC(NC(=O)[C@@H]1CCCCN1C(=O)[C@H](P)NC(=O)CCC1=CCC=C(OCCCO)C=C1)C(=O)C(=O)NCC(=O)NC(c1ccccc1)c1nn[nH]n1. The van der Waals surface area contributed by atoms with E-state index in [4.69, 9.17) is 9.84 Å². The number of allylic oxidation sites excluding steroid dienone is 5. The van der Waals surface area contributed by atoms with Gasteiger partial charge in [-0.05, 0) is 61.7 Å². The molecule has 1 aromatic heterocycles. The second-order valence-electron chi connectivity index (χ2n) is 16.0. The van der Waals surface area contributed by atoms with E-state index in [-0.39, 0.29) is 37.7 Å². The van der Waals surface area contributed by atoms with Crippen molar-refractivity contribution in [1.82, 2.24) is 46.8 Å². The largest absolute Gasteiger partial charge is 0.494 e. The normalized spacial score (nSPS) is 16.6. The van der Waals surface area contributed by atoms with Gasteiger partial charge in [-0.3, -0.25) is 28.8 Å². The minimum atomic E-state index is -1.19. The van der Waals surface area contributed by atoms with E-state index in [2.05, 4.69) is 78.8 Å². The number of nitrogens with one attached hydrogen (secondary N) is 5. The number of hydrogen-bond acceptors (Lipinski definition) is 11. The van der Waals surface area contributed by atoms with E-state index in [0.29, 0.717) is 68.3 Å². The first kappa shape index (κ1) is 49.1. The quantitative estimate of drug-likeness (QED) is 0.0643. The number of ether oxygens (including phenoxy) is 1. The summed E-state index contributed by atoms with van der Waals surface area (Å²) in [4.78, 5) is 80.5. The molecule has 0 radical (unpaired) electrons. The van der Waals surface area contributed by atoms with Gasteiger partial charge in [0.2, 0.25) is 35.2 Å². The van der Waals surface area contributed by atoms with Gasteiger partial charge in [0.05, 0.1) is 19.2 Å². The van der Waals surface area contributed by atoms with Crippen molar-refractivity contribution in [3.63, 3.8) is 0 Å². The third-order valence-electron chi connectivity index (χ3n) is 8.95. The number of benzene rings is 1. The molecule has 5 amide bonds. The Kier molecular flexibility index (Phi) is 20.8. The van der Waals surface area contributed by atoms with Crippen LogP contribution in [0.15, 0.2) is 66.0 Å². The van der Waals surface area contributed by atoms with Gasteiger partial charge in [0.25, 0.3) is 5.91 Å². The van der Waals surface area contributed by atoms with E-state index < -0.39 is 59.9 Å². The summed E-state index contributed by atoms with van der Waals surface area (Å²) in [5.74, 6) is -4.05. The predicted octanol–water partition coefficient (Wildman–Crippen LogP) is 3.08. The van der Waals surface area contributed by atoms with E-state index in [1.807, 2.05) is 30.4 Å². The lowest BCUT2D eigenvalue weighted by Gasteiger charge is -2.37. The summed E-state index contributed by atoms with van der Waals surface area (Å²) in [5.41, 5.74) is 2.11. The average molecular weight is 852 g/mol. The lowest BCUT2D eigenvalue weighted by Crippen LogP contribution is -2.58. The van der Waals surface area contributed by atoms with Crippen LogP contribution in [0.5, 0.6) is 0 Å². The van der Waals surface area contributed by atoms with Crippen molar-refractivity contribution >= 4 is 44.6 Å². The highest BCUT2D eigenvalue weighted by atomic mass is 31.0. The van der Waals surface area contributed by atoms with Crippen molar-refractivity contribution in [2.45, 2.75) is 116 Å². The zero-order valence-corrected chi connectivity index (χ0v) is 36.5. The van der Waals surface area contributed by atoms with Crippen LogP contribution in [-0.4, -0.2) is 110 Å². The van der Waals surface area contributed by atoms with Gasteiger partial charge in [-0.1, -0.05) is 94.3 Å². The van der Waals surface area contributed by atoms with Gasteiger partial charge in [0.1, 0.15) is 23.6 Å². The van der Waals surface area contributed by atoms with Crippen LogP contribution in [0.25, 0.3) is 0 Å². The van der Waals surface area contributed by atoms with Crippen LogP contribution in [0, 0.1) is 5.41 Å². The van der Waals surface area contributed by atoms with E-state index in [0.717, 1.165) is 5.57 Å². The number of amides is 5. The van der Waals surface area contributed by atoms with E-state index >= 15 is 0 Å². The monoisotopic (exact) mass is 851 g/mol. The van der Waals surface area contributed by atoms with Crippen molar-refractivity contribution in [1.29, 1.82) is 0 Å². The molecule has 3 unspecified atom stereocenters. The van der Waals surface area contributed by atoms with Gasteiger partial charge in [-0.15, -0.1) is 19.4 Å². The highest BCUT2D eigenvalue weighted by molar-refractivity contribution is 7.19. The maximum absolute atomic E-state index is 13.6. The molecule has 2 heterocycles. The average Bonchev–Trinajstić information content (AvgIpc) is 3.66. The van der Waals surface area contributed by atoms with Crippen molar-refractivity contribution < 1.29 is 38.6 Å². The Labute approximate surface area is 354 Å². The van der Waals surface area contributed by atoms with Gasteiger partial charge >= 0.3 is 0 Å². The number of aromatic nitrogens is 4. The standard InChI is InChI=1S/C37H50N9O8P.C5H12/c1-2-10-27(32(50)35(52)38-23-30(49)40-31(33-42-44-45-43-33)25-12-4-3-5-13-25)39-34(51)28-15-6-7-20-46(28)37(53)36(55)41-29(48)19-17-24-11-8-14-26(18-16-24)54-22-9-21-47;1-5(2,3)4/h3-5,11-14,16,18,27-28,31,36,47H,2,6-10,15,17,19-23,55H2,1H3,(H,38,52)(H,39,51)(H,40,49)(H,41,48)(H,42,43,44,45);1-4H3/t27?,28-,31?,36-;/m0./s1. The lowest BCUT2D eigenvalue weighted by molar-refractivity contribution is -0.145. The van der Waals surface area contributed by atoms with Crippen LogP contribution in [0.2, 0.25) is 0 Å². The zero-order chi connectivity index (χ0) is 44.1. The number of carbonyl (C=O) groups excluding carboxylic acids is 6. The van der Waals surface area contributed by atoms with Crippen molar-refractivity contribution in [3.05, 3.63) is 77.4 Å². The second kappa shape index (κ2) is 25.4. The first-order chi connectivity index (χ1) is 28.6. The summed E-state index contributed by atoms with van der Waals surface area (Å²) in [7, 11) is 2.33. The lowest BCUT2D eigenvalue weighted by atomic mass is 9.99. The molecule has 1 aromatic carbocycles. The molecule has 18 heteroatoms. The molecule has 2 aromatic rings. The molecular formula is C42H62N9O8P. The van der Waals surface area contributed by atoms with Gasteiger partial charge in [0, 0.05) is 26.0 Å². The Balaban J connectivity index is 0.00000181. The zero-order valence-electron chi connectivity index (χ0n) is 35.4. The molecule has 17 nitrogen and oxygen atoms in total. The molecule has 2 aliphatic rings. The maximum atomic E-state index is 13.6. The molecule has 6 N–H and O–H groups in total. The number of nitrogens with zero attached hydrogens (tertiary/aromatic N) is 4. The Morgan fingerprint density at radius 2 is 1.73 bits per heavy atom. The molecule has 4 rings (SSSR count). The molecule has 60 heavy (non-hydrogen) atoms. The first-order valence-corrected chi connectivity index (χ1v) is 21.1. The van der Waals surface area contributed by atoms with Crippen molar-refractivity contribution in [3.8, 4) is 0 Å². The summed E-state index contributed by atoms with van der Waals surface area (Å²) in [6.07, 6.45) is 11.6. The number of hydrogen-bond donors (Lipinski definition) is 6. The minimum absolute atomic E-state index is 0.0497. The summed E-state index contributed by atoms with van der Waals surface area (Å²) in [5, 5.41) is 33.2. The number of Topliss-reactive ketones (excluding diaryl/α,β-unsaturated/α-hetero) is 1. The van der Waals surface area contributed by atoms with Crippen LogP contribution in [0.1, 0.15) is 110 Å². The molecule has 1 aliphatic carbocycles. The molecule has 0 bridgehead atoms. The molecular weight excluding hydrogens is 789 g/mol. The number of carbonyl (C=O) groups is 6. The number of rotatable bonds is 20. The Bertz CT molecular complexity index is 1810. The fourth-order valence-corrected chi connectivity index (χ4v) is 6.47.